The van der Waals surface area contributed by atoms with Crippen LogP contribution in [0.2, 0.25) is 0 Å². The highest BCUT2D eigenvalue weighted by Gasteiger charge is 2.28. The third-order valence-corrected chi connectivity index (χ3v) is 2.40. The fourth-order valence-corrected chi connectivity index (χ4v) is 1.53. The largest absolute Gasteiger partial charge is 0.480 e. The number of nitrogens with two attached hydrogens (primary N) is 1. The molecule has 0 saturated carbocycles. The molecule has 4 nitrogen and oxygen atoms in total. The topological polar surface area (TPSA) is 75.3 Å². The number of carboxylic acids is 1. The van der Waals surface area contributed by atoms with Crippen molar-refractivity contribution in [3.63, 3.8) is 0 Å². The molecular weight excluding hydrogens is 180 g/mol. The molecule has 0 spiro atoms. The normalized spacial score (nSPS) is 27.6. The number of carboxylic acid groups (broad SMARTS) is 1. The van der Waals surface area contributed by atoms with Gasteiger partial charge in [0.05, 0.1) is 0 Å². The lowest BCUT2D eigenvalue weighted by molar-refractivity contribution is -0.139. The van der Waals surface area contributed by atoms with Crippen molar-refractivity contribution in [2.45, 2.75) is 24.4 Å². The number of allylic oxidation sites excluding steroid dienone is 2. The lowest BCUT2D eigenvalue weighted by atomic mass is 9.86. The molecule has 4 heteroatoms. The Labute approximate surface area is 83.5 Å². The van der Waals surface area contributed by atoms with Crippen LogP contribution in [0.5, 0.6) is 0 Å². The molecule has 0 aromatic heterocycles. The van der Waals surface area contributed by atoms with Gasteiger partial charge < -0.3 is 16.2 Å². The minimum atomic E-state index is -0.861. The maximum atomic E-state index is 10.8. The fourth-order valence-electron chi connectivity index (χ4n) is 1.53. The Morgan fingerprint density at radius 2 is 2.43 bits per heavy atom. The summed E-state index contributed by atoms with van der Waals surface area (Å²) in [5, 5.41) is 11.6. The molecule has 0 bridgehead atoms. The summed E-state index contributed by atoms with van der Waals surface area (Å²) in [6, 6.07) is -0.587. The Balaban J connectivity index is 2.61. The highest BCUT2D eigenvalue weighted by Crippen LogP contribution is 2.20. The van der Waals surface area contributed by atoms with Gasteiger partial charge in [0.1, 0.15) is 6.04 Å². The number of rotatable bonds is 4. The van der Waals surface area contributed by atoms with Crippen molar-refractivity contribution < 1.29 is 9.90 Å². The van der Waals surface area contributed by atoms with E-state index in [1.165, 1.54) is 0 Å². The van der Waals surface area contributed by atoms with Crippen molar-refractivity contribution in [1.29, 1.82) is 0 Å². The third-order valence-electron chi connectivity index (χ3n) is 2.40. The van der Waals surface area contributed by atoms with E-state index >= 15 is 0 Å². The van der Waals surface area contributed by atoms with E-state index in [0.717, 1.165) is 0 Å². The van der Waals surface area contributed by atoms with E-state index in [1.807, 2.05) is 24.3 Å². The van der Waals surface area contributed by atoms with E-state index in [4.69, 9.17) is 10.8 Å². The van der Waals surface area contributed by atoms with Gasteiger partial charge in [-0.25, -0.2) is 0 Å². The molecule has 1 aliphatic carbocycles. The van der Waals surface area contributed by atoms with Gasteiger partial charge in [-0.05, 0) is 19.9 Å². The summed E-state index contributed by atoms with van der Waals surface area (Å²) in [6.45, 7) is 0. The molecular formula is C10H16N2O2. The molecule has 2 unspecified atom stereocenters. The van der Waals surface area contributed by atoms with Crippen molar-refractivity contribution in [1.82, 2.24) is 5.32 Å². The summed E-state index contributed by atoms with van der Waals surface area (Å²) in [7, 11) is 1.63. The van der Waals surface area contributed by atoms with Gasteiger partial charge in [-0.15, -0.1) is 0 Å². The van der Waals surface area contributed by atoms with Gasteiger partial charge >= 0.3 is 5.97 Å². The van der Waals surface area contributed by atoms with Gasteiger partial charge in [0.25, 0.3) is 0 Å². The average Bonchev–Trinajstić information content (AvgIpc) is 2.15. The van der Waals surface area contributed by atoms with Crippen LogP contribution in [0.4, 0.5) is 0 Å². The fraction of sp³-hybridized carbons (Fsp3) is 0.500. The predicted molar refractivity (Wildman–Crippen MR) is 54.9 cm³/mol. The first kappa shape index (κ1) is 10.9. The number of nitrogens with one attached hydrogen (secondary N) is 1. The maximum absolute atomic E-state index is 10.8. The summed E-state index contributed by atoms with van der Waals surface area (Å²) in [6.07, 6.45) is 8.68. The second-order valence-electron chi connectivity index (χ2n) is 3.61. The van der Waals surface area contributed by atoms with E-state index < -0.39 is 17.6 Å². The molecule has 0 aromatic rings. The monoisotopic (exact) mass is 196 g/mol. The van der Waals surface area contributed by atoms with Crippen LogP contribution in [-0.2, 0) is 4.79 Å². The van der Waals surface area contributed by atoms with Gasteiger partial charge in [-0.2, -0.15) is 0 Å². The Bertz CT molecular complexity index is 273. The number of hydrogen-bond donors (Lipinski definition) is 3. The standard InChI is InChI=1S/C10H16N2O2/c1-12-8(9(13)14)7-10(11)5-3-2-4-6-10/h2-5,8,12H,6-7,11H2,1H3,(H,13,14). The second-order valence-corrected chi connectivity index (χ2v) is 3.61. The van der Waals surface area contributed by atoms with Crippen LogP contribution < -0.4 is 11.1 Å². The first-order valence-electron chi connectivity index (χ1n) is 4.61. The highest BCUT2D eigenvalue weighted by atomic mass is 16.4. The van der Waals surface area contributed by atoms with E-state index in [2.05, 4.69) is 5.32 Å². The molecule has 1 aliphatic rings. The van der Waals surface area contributed by atoms with Crippen LogP contribution in [0, 0.1) is 0 Å². The van der Waals surface area contributed by atoms with Gasteiger partial charge in [-0.3, -0.25) is 4.79 Å². The number of likely N-dealkylation sites (N-methyl/N-ethyl adjacent to an activating group) is 1. The molecule has 4 N–H and O–H groups in total. The molecule has 2 atom stereocenters. The average molecular weight is 196 g/mol. The van der Waals surface area contributed by atoms with Crippen molar-refractivity contribution >= 4 is 5.97 Å². The summed E-state index contributed by atoms with van der Waals surface area (Å²) >= 11 is 0. The Morgan fingerprint density at radius 3 is 2.86 bits per heavy atom. The lowest BCUT2D eigenvalue weighted by Crippen LogP contribution is -2.47. The van der Waals surface area contributed by atoms with E-state index in [9.17, 15) is 4.79 Å². The Kier molecular flexibility index (Phi) is 3.43. The van der Waals surface area contributed by atoms with Crippen LogP contribution in [0.3, 0.4) is 0 Å². The van der Waals surface area contributed by atoms with Crippen LogP contribution >= 0.6 is 0 Å². The molecule has 0 amide bonds. The van der Waals surface area contributed by atoms with Crippen molar-refractivity contribution in [2.75, 3.05) is 7.05 Å². The van der Waals surface area contributed by atoms with Gasteiger partial charge in [0.15, 0.2) is 0 Å². The molecule has 14 heavy (non-hydrogen) atoms. The first-order valence-corrected chi connectivity index (χ1v) is 4.61. The predicted octanol–water partition coefficient (Wildman–Crippen LogP) is 0.263. The molecule has 0 fully saturated rings. The van der Waals surface area contributed by atoms with Crippen molar-refractivity contribution in [3.8, 4) is 0 Å². The Morgan fingerprint density at radius 1 is 1.71 bits per heavy atom. The molecule has 0 radical (unpaired) electrons. The molecule has 1 rings (SSSR count). The van der Waals surface area contributed by atoms with Crippen LogP contribution in [-0.4, -0.2) is 29.7 Å². The van der Waals surface area contributed by atoms with Crippen LogP contribution in [0.25, 0.3) is 0 Å². The summed E-state index contributed by atoms with van der Waals surface area (Å²) in [4.78, 5) is 10.8. The summed E-state index contributed by atoms with van der Waals surface area (Å²) < 4.78 is 0. The van der Waals surface area contributed by atoms with E-state index in [1.54, 1.807) is 7.05 Å². The molecule has 78 valence electrons. The molecule has 0 heterocycles. The van der Waals surface area contributed by atoms with Crippen LogP contribution in [0.1, 0.15) is 12.8 Å². The maximum Gasteiger partial charge on any atom is 0.320 e. The summed E-state index contributed by atoms with van der Waals surface area (Å²) in [5.41, 5.74) is 5.50. The highest BCUT2D eigenvalue weighted by molar-refractivity contribution is 5.73. The zero-order valence-electron chi connectivity index (χ0n) is 8.23. The minimum absolute atomic E-state index is 0.402. The van der Waals surface area contributed by atoms with E-state index in [-0.39, 0.29) is 0 Å². The van der Waals surface area contributed by atoms with Gasteiger partial charge in [-0.1, -0.05) is 24.3 Å². The quantitative estimate of drug-likeness (QED) is 0.603. The van der Waals surface area contributed by atoms with Crippen molar-refractivity contribution in [2.24, 2.45) is 5.73 Å². The minimum Gasteiger partial charge on any atom is -0.480 e. The smallest absolute Gasteiger partial charge is 0.320 e. The number of aliphatic carboxylic acids is 1. The third kappa shape index (κ3) is 2.68. The van der Waals surface area contributed by atoms with Gasteiger partial charge in [0, 0.05) is 5.54 Å². The van der Waals surface area contributed by atoms with Crippen molar-refractivity contribution in [3.05, 3.63) is 24.3 Å². The summed E-state index contributed by atoms with van der Waals surface area (Å²) in [5.74, 6) is -0.861. The Hall–Kier alpha value is -1.13. The zero-order valence-corrected chi connectivity index (χ0v) is 8.23. The second kappa shape index (κ2) is 4.39. The first-order chi connectivity index (χ1) is 6.57. The molecule has 0 saturated heterocycles. The SMILES string of the molecule is CNC(CC1(N)C=CC=CC1)C(=O)O. The van der Waals surface area contributed by atoms with Crippen LogP contribution in [0.15, 0.2) is 24.3 Å². The molecule has 0 aliphatic heterocycles. The lowest BCUT2D eigenvalue weighted by Gasteiger charge is -2.29. The van der Waals surface area contributed by atoms with Gasteiger partial charge in [0.2, 0.25) is 0 Å². The molecule has 0 aromatic carbocycles. The number of carbonyl (C=O) groups is 1. The zero-order chi connectivity index (χ0) is 10.6. The number of hydrogen-bond acceptors (Lipinski definition) is 3. The van der Waals surface area contributed by atoms with E-state index in [0.29, 0.717) is 12.8 Å².